The SMILES string of the molecule is COc1ccccc1N1C(=O)C(c2ccc(F)cc2)=C(N2CCN(CCO)CC2)C1=O. The number of benzene rings is 2. The summed E-state index contributed by atoms with van der Waals surface area (Å²) in [7, 11) is 1.49. The van der Waals surface area contributed by atoms with Gasteiger partial charge >= 0.3 is 0 Å². The van der Waals surface area contributed by atoms with E-state index in [4.69, 9.17) is 4.74 Å². The maximum atomic E-state index is 13.6. The number of hydrogen-bond acceptors (Lipinski definition) is 6. The Labute approximate surface area is 179 Å². The van der Waals surface area contributed by atoms with Crippen LogP contribution in [0.15, 0.2) is 54.2 Å². The van der Waals surface area contributed by atoms with Crippen molar-refractivity contribution in [3.05, 3.63) is 65.6 Å². The first kappa shape index (κ1) is 21.0. The summed E-state index contributed by atoms with van der Waals surface area (Å²) >= 11 is 0. The van der Waals surface area contributed by atoms with Crippen molar-refractivity contribution in [1.29, 1.82) is 0 Å². The highest BCUT2D eigenvalue weighted by molar-refractivity contribution is 6.45. The van der Waals surface area contributed by atoms with E-state index in [1.165, 1.54) is 31.4 Å². The van der Waals surface area contributed by atoms with Gasteiger partial charge in [-0.3, -0.25) is 14.5 Å². The molecule has 8 heteroatoms. The molecule has 31 heavy (non-hydrogen) atoms. The molecule has 2 aliphatic heterocycles. The second-order valence-corrected chi connectivity index (χ2v) is 7.40. The molecule has 2 aliphatic rings. The molecule has 0 unspecified atom stereocenters. The molecule has 0 spiro atoms. The van der Waals surface area contributed by atoms with Crippen LogP contribution < -0.4 is 9.64 Å². The van der Waals surface area contributed by atoms with Crippen LogP contribution in [0.1, 0.15) is 5.56 Å². The number of carbonyl (C=O) groups excluding carboxylic acids is 2. The van der Waals surface area contributed by atoms with Crippen LogP contribution in [0.3, 0.4) is 0 Å². The number of methoxy groups -OCH3 is 1. The van der Waals surface area contributed by atoms with Gasteiger partial charge in [-0.2, -0.15) is 0 Å². The first-order valence-electron chi connectivity index (χ1n) is 10.2. The van der Waals surface area contributed by atoms with Crippen LogP contribution >= 0.6 is 0 Å². The van der Waals surface area contributed by atoms with Crippen LogP contribution in [0.4, 0.5) is 10.1 Å². The lowest BCUT2D eigenvalue weighted by Gasteiger charge is -2.36. The molecule has 2 heterocycles. The molecule has 7 nitrogen and oxygen atoms in total. The molecule has 2 amide bonds. The Morgan fingerprint density at radius 3 is 2.29 bits per heavy atom. The lowest BCUT2D eigenvalue weighted by Crippen LogP contribution is -2.48. The Morgan fingerprint density at radius 1 is 0.968 bits per heavy atom. The Morgan fingerprint density at radius 2 is 1.65 bits per heavy atom. The van der Waals surface area contributed by atoms with Crippen LogP contribution in [0.25, 0.3) is 5.57 Å². The van der Waals surface area contributed by atoms with Crippen LogP contribution in [0.5, 0.6) is 5.75 Å². The number of anilines is 1. The number of halogens is 1. The average molecular weight is 425 g/mol. The number of ether oxygens (including phenoxy) is 1. The molecule has 2 aromatic carbocycles. The molecule has 0 aromatic heterocycles. The summed E-state index contributed by atoms with van der Waals surface area (Å²) in [6, 6.07) is 12.5. The van der Waals surface area contributed by atoms with Crippen LogP contribution in [0, 0.1) is 5.82 Å². The molecule has 1 fully saturated rings. The van der Waals surface area contributed by atoms with Gasteiger partial charge in [0.25, 0.3) is 11.8 Å². The highest BCUT2D eigenvalue weighted by Crippen LogP contribution is 2.38. The number of piperazine rings is 1. The normalized spacial score (nSPS) is 17.6. The number of rotatable bonds is 6. The van der Waals surface area contributed by atoms with Crippen molar-refractivity contribution in [2.45, 2.75) is 0 Å². The highest BCUT2D eigenvalue weighted by atomic mass is 19.1. The molecule has 0 saturated carbocycles. The quantitative estimate of drug-likeness (QED) is 0.711. The second kappa shape index (κ2) is 8.87. The first-order chi connectivity index (χ1) is 15.0. The van der Waals surface area contributed by atoms with Crippen molar-refractivity contribution >= 4 is 23.1 Å². The standard InChI is InChI=1S/C23H24FN3O4/c1-31-19-5-3-2-4-18(19)27-22(29)20(16-6-8-17(24)9-7-16)21(23(27)30)26-12-10-25(11-13-26)14-15-28/h2-9,28H,10-15H2,1H3. The van der Waals surface area contributed by atoms with Crippen molar-refractivity contribution in [3.63, 3.8) is 0 Å². The Balaban J connectivity index is 1.76. The third-order valence-electron chi connectivity index (χ3n) is 5.62. The number of β-amino-alcohol motifs (C(OH)–C–C–N with tert-alkyl or cyclic N) is 1. The average Bonchev–Trinajstić information content (AvgIpc) is 3.05. The topological polar surface area (TPSA) is 73.3 Å². The minimum Gasteiger partial charge on any atom is -0.495 e. The molecule has 1 saturated heterocycles. The van der Waals surface area contributed by atoms with Gasteiger partial charge in [0.15, 0.2) is 0 Å². The molecule has 162 valence electrons. The Bertz CT molecular complexity index is 1010. The smallest absolute Gasteiger partial charge is 0.282 e. The van der Waals surface area contributed by atoms with Crippen LogP contribution in [-0.4, -0.2) is 73.2 Å². The zero-order valence-corrected chi connectivity index (χ0v) is 17.3. The monoisotopic (exact) mass is 425 g/mol. The van der Waals surface area contributed by atoms with Gasteiger partial charge < -0.3 is 14.7 Å². The Kier molecular flexibility index (Phi) is 6.01. The number of hydrogen-bond donors (Lipinski definition) is 1. The molecule has 0 atom stereocenters. The molecule has 2 aromatic rings. The van der Waals surface area contributed by atoms with Crippen molar-refractivity contribution in [2.24, 2.45) is 0 Å². The van der Waals surface area contributed by atoms with Crippen molar-refractivity contribution in [2.75, 3.05) is 51.3 Å². The highest BCUT2D eigenvalue weighted by Gasteiger charge is 2.43. The molecular formula is C23H24FN3O4. The molecular weight excluding hydrogens is 401 g/mol. The number of aliphatic hydroxyl groups excluding tert-OH is 1. The first-order valence-corrected chi connectivity index (χ1v) is 10.2. The van der Waals surface area contributed by atoms with Crippen molar-refractivity contribution < 1.29 is 23.8 Å². The fourth-order valence-electron chi connectivity index (χ4n) is 4.06. The summed E-state index contributed by atoms with van der Waals surface area (Å²) in [5.74, 6) is -0.892. The number of para-hydroxylation sites is 2. The van der Waals surface area contributed by atoms with Gasteiger partial charge in [0, 0.05) is 32.7 Å². The molecule has 4 rings (SSSR count). The number of carbonyl (C=O) groups is 2. The lowest BCUT2D eigenvalue weighted by molar-refractivity contribution is -0.120. The van der Waals surface area contributed by atoms with E-state index >= 15 is 0 Å². The molecule has 0 bridgehead atoms. The van der Waals surface area contributed by atoms with Crippen LogP contribution in [0.2, 0.25) is 0 Å². The summed E-state index contributed by atoms with van der Waals surface area (Å²) < 4.78 is 18.9. The number of amides is 2. The van der Waals surface area contributed by atoms with E-state index in [1.54, 1.807) is 24.3 Å². The van der Waals surface area contributed by atoms with E-state index in [0.717, 1.165) is 4.90 Å². The van der Waals surface area contributed by atoms with Crippen molar-refractivity contribution in [1.82, 2.24) is 9.80 Å². The maximum absolute atomic E-state index is 13.6. The van der Waals surface area contributed by atoms with Gasteiger partial charge in [-0.05, 0) is 29.8 Å². The van der Waals surface area contributed by atoms with Gasteiger partial charge in [-0.15, -0.1) is 0 Å². The minimum atomic E-state index is -0.464. The fourth-order valence-corrected chi connectivity index (χ4v) is 4.06. The molecule has 0 radical (unpaired) electrons. The fraction of sp³-hybridized carbons (Fsp3) is 0.304. The maximum Gasteiger partial charge on any atom is 0.282 e. The number of aliphatic hydroxyl groups is 1. The van der Waals surface area contributed by atoms with Gasteiger partial charge in [-0.1, -0.05) is 24.3 Å². The summed E-state index contributed by atoms with van der Waals surface area (Å²) in [4.78, 5) is 32.2. The van der Waals surface area contributed by atoms with Gasteiger partial charge in [0.2, 0.25) is 0 Å². The van der Waals surface area contributed by atoms with Gasteiger partial charge in [0.05, 0.1) is 25.0 Å². The van der Waals surface area contributed by atoms with E-state index in [2.05, 4.69) is 4.90 Å². The largest absolute Gasteiger partial charge is 0.495 e. The predicted molar refractivity (Wildman–Crippen MR) is 114 cm³/mol. The van der Waals surface area contributed by atoms with E-state index in [-0.39, 0.29) is 12.2 Å². The molecule has 1 N–H and O–H groups in total. The van der Waals surface area contributed by atoms with Crippen molar-refractivity contribution in [3.8, 4) is 5.75 Å². The van der Waals surface area contributed by atoms with E-state index in [9.17, 15) is 19.1 Å². The summed E-state index contributed by atoms with van der Waals surface area (Å²) in [6.45, 7) is 3.05. The third-order valence-corrected chi connectivity index (χ3v) is 5.62. The van der Waals surface area contributed by atoms with Gasteiger partial charge in [-0.25, -0.2) is 9.29 Å². The van der Waals surface area contributed by atoms with E-state index in [1.807, 2.05) is 4.90 Å². The van der Waals surface area contributed by atoms with E-state index in [0.29, 0.717) is 55.4 Å². The summed E-state index contributed by atoms with van der Waals surface area (Å²) in [6.07, 6.45) is 0. The van der Waals surface area contributed by atoms with Crippen LogP contribution in [-0.2, 0) is 9.59 Å². The molecule has 0 aliphatic carbocycles. The number of imide groups is 1. The summed E-state index contributed by atoms with van der Waals surface area (Å²) in [5, 5.41) is 9.18. The zero-order valence-electron chi connectivity index (χ0n) is 17.3. The second-order valence-electron chi connectivity index (χ2n) is 7.40. The lowest BCUT2D eigenvalue weighted by atomic mass is 10.0. The summed E-state index contributed by atoms with van der Waals surface area (Å²) in [5.41, 5.74) is 1.43. The minimum absolute atomic E-state index is 0.0719. The number of nitrogens with zero attached hydrogens (tertiary/aromatic N) is 3. The third kappa shape index (κ3) is 3.92. The Hall–Kier alpha value is -3.23. The van der Waals surface area contributed by atoms with E-state index < -0.39 is 17.6 Å². The van der Waals surface area contributed by atoms with Gasteiger partial charge in [0.1, 0.15) is 17.3 Å². The zero-order chi connectivity index (χ0) is 22.0. The predicted octanol–water partition coefficient (Wildman–Crippen LogP) is 1.73.